The number of aromatic carboxylic acids is 1. The average Bonchev–Trinajstić information content (AvgIpc) is 2.98. The van der Waals surface area contributed by atoms with Crippen molar-refractivity contribution >= 4 is 34.4 Å². The summed E-state index contributed by atoms with van der Waals surface area (Å²) in [6.07, 6.45) is 6.53. The zero-order valence-corrected chi connectivity index (χ0v) is 22.2. The first-order chi connectivity index (χ1) is 19.3. The van der Waals surface area contributed by atoms with Gasteiger partial charge in [-0.3, -0.25) is 14.4 Å². The van der Waals surface area contributed by atoms with Crippen LogP contribution in [0.25, 0.3) is 22.0 Å². The molecule has 1 aliphatic rings. The fraction of sp³-hybridized carbons (Fsp3) is 0.250. The highest BCUT2D eigenvalue weighted by Gasteiger charge is 2.22. The number of nitrogens with one attached hydrogen (secondary N) is 2. The van der Waals surface area contributed by atoms with E-state index in [2.05, 4.69) is 10.6 Å². The van der Waals surface area contributed by atoms with Crippen LogP contribution in [-0.4, -0.2) is 33.5 Å². The fourth-order valence-corrected chi connectivity index (χ4v) is 5.29. The Morgan fingerprint density at radius 3 is 2.25 bits per heavy atom. The topological polar surface area (TPSA) is 118 Å². The van der Waals surface area contributed by atoms with Crippen molar-refractivity contribution in [1.29, 1.82) is 0 Å². The number of hydrogen-bond donors (Lipinski definition) is 3. The monoisotopic (exact) mass is 537 g/mol. The summed E-state index contributed by atoms with van der Waals surface area (Å²) in [5.41, 5.74) is 2.55. The molecule has 0 spiro atoms. The Kier molecular flexibility index (Phi) is 7.77. The van der Waals surface area contributed by atoms with E-state index in [1.807, 2.05) is 47.0 Å². The predicted molar refractivity (Wildman–Crippen MR) is 155 cm³/mol. The standard InChI is InChI=1S/C32H31N3O5/c1-20(33-31(38)23-14-12-22(13-15-23)21-8-4-2-5-9-21)30(37)34-24-16-17-28-26(18-24)29(36)27(32(39)40)19-35(28)25-10-6-3-7-11-25/h2,4-5,8-9,12-20,25H,3,6-7,10-11H2,1H3,(H,33,38)(H,34,37)(H,39,40)/t20-/m0/s1. The van der Waals surface area contributed by atoms with Gasteiger partial charge in [0.15, 0.2) is 0 Å². The molecule has 0 saturated heterocycles. The number of nitrogens with zero attached hydrogens (tertiary/aromatic N) is 1. The van der Waals surface area contributed by atoms with Crippen LogP contribution < -0.4 is 16.1 Å². The lowest BCUT2D eigenvalue weighted by atomic mass is 9.94. The molecule has 0 aliphatic heterocycles. The molecule has 4 aromatic rings. The van der Waals surface area contributed by atoms with Crippen molar-refractivity contribution in [2.75, 3.05) is 5.32 Å². The Hall–Kier alpha value is -4.72. The second-order valence-electron chi connectivity index (χ2n) is 10.2. The van der Waals surface area contributed by atoms with Gasteiger partial charge in [0.25, 0.3) is 5.91 Å². The number of rotatable bonds is 7. The zero-order valence-electron chi connectivity index (χ0n) is 22.2. The van der Waals surface area contributed by atoms with E-state index in [1.165, 1.54) is 12.3 Å². The molecule has 8 heteroatoms. The summed E-state index contributed by atoms with van der Waals surface area (Å²) in [6, 6.07) is 21.1. The van der Waals surface area contributed by atoms with E-state index >= 15 is 0 Å². The smallest absolute Gasteiger partial charge is 0.341 e. The van der Waals surface area contributed by atoms with Crippen molar-refractivity contribution in [2.24, 2.45) is 0 Å². The highest BCUT2D eigenvalue weighted by molar-refractivity contribution is 6.02. The summed E-state index contributed by atoms with van der Waals surface area (Å²) in [7, 11) is 0. The van der Waals surface area contributed by atoms with E-state index in [-0.39, 0.29) is 22.9 Å². The van der Waals surface area contributed by atoms with Crippen LogP contribution in [0.3, 0.4) is 0 Å². The number of carboxylic acids is 1. The minimum atomic E-state index is -1.28. The van der Waals surface area contributed by atoms with E-state index in [4.69, 9.17) is 0 Å². The Morgan fingerprint density at radius 2 is 1.57 bits per heavy atom. The highest BCUT2D eigenvalue weighted by Crippen LogP contribution is 2.31. The number of fused-ring (bicyclic) bond motifs is 1. The van der Waals surface area contributed by atoms with Gasteiger partial charge in [-0.05, 0) is 61.2 Å². The zero-order chi connectivity index (χ0) is 28.2. The molecule has 204 valence electrons. The molecule has 0 radical (unpaired) electrons. The molecule has 1 atom stereocenters. The van der Waals surface area contributed by atoms with Gasteiger partial charge in [-0.15, -0.1) is 0 Å². The molecule has 3 aromatic carbocycles. The second kappa shape index (κ2) is 11.6. The SMILES string of the molecule is C[C@H](NC(=O)c1ccc(-c2ccccc2)cc1)C(=O)Nc1ccc2c(c1)c(=O)c(C(=O)O)cn2C1CCCCC1. The number of pyridine rings is 1. The number of carbonyl (C=O) groups is 3. The molecule has 0 bridgehead atoms. The third-order valence-corrected chi connectivity index (χ3v) is 7.49. The Bertz CT molecular complexity index is 1620. The molecular weight excluding hydrogens is 506 g/mol. The van der Waals surface area contributed by atoms with Crippen molar-refractivity contribution < 1.29 is 19.5 Å². The van der Waals surface area contributed by atoms with Gasteiger partial charge < -0.3 is 20.3 Å². The molecular formula is C32H31N3O5. The summed E-state index contributed by atoms with van der Waals surface area (Å²) in [6.45, 7) is 1.57. The van der Waals surface area contributed by atoms with Crippen molar-refractivity contribution in [3.05, 3.63) is 100 Å². The maximum absolute atomic E-state index is 13.0. The van der Waals surface area contributed by atoms with Crippen LogP contribution in [0, 0.1) is 0 Å². The van der Waals surface area contributed by atoms with E-state index < -0.39 is 23.3 Å². The van der Waals surface area contributed by atoms with E-state index in [0.717, 1.165) is 43.2 Å². The van der Waals surface area contributed by atoms with Crippen molar-refractivity contribution in [3.8, 4) is 11.1 Å². The van der Waals surface area contributed by atoms with E-state index in [0.29, 0.717) is 16.8 Å². The van der Waals surface area contributed by atoms with Crippen LogP contribution in [-0.2, 0) is 4.79 Å². The molecule has 1 fully saturated rings. The molecule has 8 nitrogen and oxygen atoms in total. The lowest BCUT2D eigenvalue weighted by Crippen LogP contribution is -2.41. The van der Waals surface area contributed by atoms with E-state index in [1.54, 1.807) is 31.2 Å². The number of amides is 2. The summed E-state index contributed by atoms with van der Waals surface area (Å²) >= 11 is 0. The Morgan fingerprint density at radius 1 is 0.900 bits per heavy atom. The third-order valence-electron chi connectivity index (χ3n) is 7.49. The summed E-state index contributed by atoms with van der Waals surface area (Å²) in [5, 5.41) is 15.4. The molecule has 1 aromatic heterocycles. The highest BCUT2D eigenvalue weighted by atomic mass is 16.4. The van der Waals surface area contributed by atoms with Crippen molar-refractivity contribution in [1.82, 2.24) is 9.88 Å². The van der Waals surface area contributed by atoms with Crippen LogP contribution in [0.1, 0.15) is 65.8 Å². The quantitative estimate of drug-likeness (QED) is 0.283. The van der Waals surface area contributed by atoms with Crippen LogP contribution in [0.4, 0.5) is 5.69 Å². The van der Waals surface area contributed by atoms with Gasteiger partial charge in [0, 0.05) is 28.9 Å². The first kappa shape index (κ1) is 26.9. The average molecular weight is 538 g/mol. The second-order valence-corrected chi connectivity index (χ2v) is 10.2. The normalized spacial score (nSPS) is 14.4. The van der Waals surface area contributed by atoms with Gasteiger partial charge in [0.05, 0.1) is 5.52 Å². The maximum Gasteiger partial charge on any atom is 0.341 e. The van der Waals surface area contributed by atoms with Crippen LogP contribution in [0.2, 0.25) is 0 Å². The molecule has 5 rings (SSSR count). The lowest BCUT2D eigenvalue weighted by molar-refractivity contribution is -0.117. The minimum Gasteiger partial charge on any atom is -0.477 e. The van der Waals surface area contributed by atoms with Crippen LogP contribution >= 0.6 is 0 Å². The van der Waals surface area contributed by atoms with Crippen LogP contribution in [0.15, 0.2) is 83.8 Å². The molecule has 1 saturated carbocycles. The third kappa shape index (κ3) is 5.66. The largest absolute Gasteiger partial charge is 0.477 e. The first-order valence-corrected chi connectivity index (χ1v) is 13.5. The molecule has 2 amide bonds. The van der Waals surface area contributed by atoms with Gasteiger partial charge in [-0.25, -0.2) is 4.79 Å². The van der Waals surface area contributed by atoms with Crippen molar-refractivity contribution in [3.63, 3.8) is 0 Å². The Balaban J connectivity index is 1.32. The van der Waals surface area contributed by atoms with Gasteiger partial charge in [-0.1, -0.05) is 61.7 Å². The van der Waals surface area contributed by atoms with Gasteiger partial charge in [0.1, 0.15) is 11.6 Å². The molecule has 0 unspecified atom stereocenters. The van der Waals surface area contributed by atoms with Gasteiger partial charge in [0.2, 0.25) is 11.3 Å². The Labute approximate surface area is 231 Å². The maximum atomic E-state index is 13.0. The van der Waals surface area contributed by atoms with Gasteiger partial charge in [-0.2, -0.15) is 0 Å². The van der Waals surface area contributed by atoms with Crippen LogP contribution in [0.5, 0.6) is 0 Å². The molecule has 1 heterocycles. The van der Waals surface area contributed by atoms with E-state index in [9.17, 15) is 24.3 Å². The summed E-state index contributed by atoms with van der Waals surface area (Å²) in [5.74, 6) is -2.13. The van der Waals surface area contributed by atoms with Crippen molar-refractivity contribution in [2.45, 2.75) is 51.1 Å². The first-order valence-electron chi connectivity index (χ1n) is 13.5. The predicted octanol–water partition coefficient (Wildman–Crippen LogP) is 5.63. The fourth-order valence-electron chi connectivity index (χ4n) is 5.29. The number of hydrogen-bond acceptors (Lipinski definition) is 4. The van der Waals surface area contributed by atoms with Gasteiger partial charge >= 0.3 is 5.97 Å². The number of carbonyl (C=O) groups excluding carboxylic acids is 2. The summed E-state index contributed by atoms with van der Waals surface area (Å²) in [4.78, 5) is 50.6. The number of anilines is 1. The number of carboxylic acid groups (broad SMARTS) is 1. The lowest BCUT2D eigenvalue weighted by Gasteiger charge is -2.26. The summed E-state index contributed by atoms with van der Waals surface area (Å²) < 4.78 is 1.90. The number of benzene rings is 3. The molecule has 40 heavy (non-hydrogen) atoms. The molecule has 1 aliphatic carbocycles. The number of aromatic nitrogens is 1. The molecule has 3 N–H and O–H groups in total. The minimum absolute atomic E-state index is 0.118.